The van der Waals surface area contributed by atoms with Crippen LogP contribution in [-0.4, -0.2) is 37.8 Å². The number of ether oxygens (including phenoxy) is 1. The Morgan fingerprint density at radius 2 is 2.39 bits per heavy atom. The summed E-state index contributed by atoms with van der Waals surface area (Å²) in [6, 6.07) is 7.33. The number of fused-ring (bicyclic) bond motifs is 1. The zero-order chi connectivity index (χ0) is 16.3. The largest absolute Gasteiger partial charge is 0.497 e. The van der Waals surface area contributed by atoms with E-state index in [1.165, 1.54) is 6.42 Å². The van der Waals surface area contributed by atoms with Crippen LogP contribution in [0.15, 0.2) is 24.3 Å². The maximum absolute atomic E-state index is 12.8. The van der Waals surface area contributed by atoms with E-state index in [0.717, 1.165) is 37.9 Å². The highest BCUT2D eigenvalue weighted by atomic mass is 16.5. The van der Waals surface area contributed by atoms with Crippen LogP contribution in [0.3, 0.4) is 0 Å². The monoisotopic (exact) mass is 318 g/mol. The Labute approximate surface area is 137 Å². The smallest absolute Gasteiger partial charge is 0.227 e. The summed E-state index contributed by atoms with van der Waals surface area (Å²) in [5.74, 6) is 1.23. The van der Waals surface area contributed by atoms with Gasteiger partial charge in [-0.15, -0.1) is 0 Å². The number of amides is 1. The summed E-state index contributed by atoms with van der Waals surface area (Å²) in [5, 5.41) is 16.7. The van der Waals surface area contributed by atoms with Gasteiger partial charge >= 0.3 is 0 Å². The minimum absolute atomic E-state index is 0.0918. The number of aliphatic hydroxyl groups excluding tert-OH is 1. The van der Waals surface area contributed by atoms with Gasteiger partial charge in [0.2, 0.25) is 5.91 Å². The van der Waals surface area contributed by atoms with Gasteiger partial charge in [-0.2, -0.15) is 0 Å². The molecule has 0 radical (unpaired) electrons. The SMILES string of the molecule is COc1cccc(C(O)CNC(=O)[C@@]23CCCC[C@H]2CNC3)c1. The van der Waals surface area contributed by atoms with Crippen LogP contribution >= 0.6 is 0 Å². The van der Waals surface area contributed by atoms with Crippen LogP contribution in [0.4, 0.5) is 0 Å². The molecular formula is C18H26N2O3. The number of aliphatic hydroxyl groups is 1. The van der Waals surface area contributed by atoms with Crippen molar-refractivity contribution in [2.45, 2.75) is 31.8 Å². The van der Waals surface area contributed by atoms with Gasteiger partial charge in [-0.05, 0) is 43.0 Å². The van der Waals surface area contributed by atoms with E-state index < -0.39 is 6.10 Å². The van der Waals surface area contributed by atoms with Crippen molar-refractivity contribution in [1.29, 1.82) is 0 Å². The number of benzene rings is 1. The van der Waals surface area contributed by atoms with Crippen molar-refractivity contribution in [2.24, 2.45) is 11.3 Å². The van der Waals surface area contributed by atoms with Crippen LogP contribution in [0.1, 0.15) is 37.4 Å². The van der Waals surface area contributed by atoms with Gasteiger partial charge in [-0.1, -0.05) is 25.0 Å². The Morgan fingerprint density at radius 3 is 3.22 bits per heavy atom. The van der Waals surface area contributed by atoms with Crippen LogP contribution < -0.4 is 15.4 Å². The van der Waals surface area contributed by atoms with Crippen molar-refractivity contribution < 1.29 is 14.6 Å². The number of rotatable bonds is 5. The summed E-state index contributed by atoms with van der Waals surface area (Å²) in [4.78, 5) is 12.8. The quantitative estimate of drug-likeness (QED) is 0.772. The summed E-state index contributed by atoms with van der Waals surface area (Å²) in [6.45, 7) is 1.94. The lowest BCUT2D eigenvalue weighted by atomic mass is 9.67. The third-order valence-electron chi connectivity index (χ3n) is 5.42. The molecule has 23 heavy (non-hydrogen) atoms. The Bertz CT molecular complexity index is 563. The zero-order valence-corrected chi connectivity index (χ0v) is 13.7. The van der Waals surface area contributed by atoms with E-state index in [1.54, 1.807) is 13.2 Å². The van der Waals surface area contributed by atoms with Gasteiger partial charge in [-0.3, -0.25) is 4.79 Å². The Kier molecular flexibility index (Phi) is 4.87. The molecule has 2 fully saturated rings. The fourth-order valence-electron chi connectivity index (χ4n) is 4.02. The molecule has 0 spiro atoms. The van der Waals surface area contributed by atoms with E-state index in [1.807, 2.05) is 18.2 Å². The number of nitrogens with one attached hydrogen (secondary N) is 2. The Morgan fingerprint density at radius 1 is 1.52 bits per heavy atom. The molecule has 3 atom stereocenters. The molecule has 1 aromatic carbocycles. The molecule has 1 heterocycles. The van der Waals surface area contributed by atoms with Gasteiger partial charge in [0.15, 0.2) is 0 Å². The van der Waals surface area contributed by atoms with E-state index in [0.29, 0.717) is 11.7 Å². The van der Waals surface area contributed by atoms with Crippen molar-refractivity contribution in [3.05, 3.63) is 29.8 Å². The fourth-order valence-corrected chi connectivity index (χ4v) is 4.02. The topological polar surface area (TPSA) is 70.6 Å². The molecule has 5 heteroatoms. The molecule has 1 saturated heterocycles. The summed E-state index contributed by atoms with van der Waals surface area (Å²) in [5.41, 5.74) is 0.485. The first-order valence-electron chi connectivity index (χ1n) is 8.47. The Hall–Kier alpha value is -1.59. The van der Waals surface area contributed by atoms with E-state index in [2.05, 4.69) is 10.6 Å². The molecule has 126 valence electrons. The van der Waals surface area contributed by atoms with Crippen LogP contribution in [0, 0.1) is 11.3 Å². The second-order valence-corrected chi connectivity index (χ2v) is 6.73. The van der Waals surface area contributed by atoms with Crippen LogP contribution in [0.5, 0.6) is 5.75 Å². The van der Waals surface area contributed by atoms with Gasteiger partial charge in [0, 0.05) is 13.1 Å². The molecule has 1 unspecified atom stereocenters. The van der Waals surface area contributed by atoms with Gasteiger partial charge < -0.3 is 20.5 Å². The third-order valence-corrected chi connectivity index (χ3v) is 5.42. The van der Waals surface area contributed by atoms with Gasteiger partial charge in [-0.25, -0.2) is 0 Å². The van der Waals surface area contributed by atoms with Crippen LogP contribution in [-0.2, 0) is 4.79 Å². The average molecular weight is 318 g/mol. The Balaban J connectivity index is 1.62. The van der Waals surface area contributed by atoms with Crippen molar-refractivity contribution in [2.75, 3.05) is 26.7 Å². The second kappa shape index (κ2) is 6.89. The van der Waals surface area contributed by atoms with Crippen LogP contribution in [0.2, 0.25) is 0 Å². The van der Waals surface area contributed by atoms with Gasteiger partial charge in [0.25, 0.3) is 0 Å². The first-order valence-corrected chi connectivity index (χ1v) is 8.47. The van der Waals surface area contributed by atoms with Gasteiger partial charge in [0.05, 0.1) is 18.6 Å². The number of carbonyl (C=O) groups is 1. The molecule has 1 saturated carbocycles. The highest BCUT2D eigenvalue weighted by Gasteiger charge is 2.49. The molecule has 0 aromatic heterocycles. The fraction of sp³-hybridized carbons (Fsp3) is 0.611. The molecule has 5 nitrogen and oxygen atoms in total. The number of hydrogen-bond acceptors (Lipinski definition) is 4. The zero-order valence-electron chi connectivity index (χ0n) is 13.7. The molecule has 1 amide bonds. The molecule has 1 aliphatic carbocycles. The summed E-state index contributed by atoms with van der Waals surface area (Å²) in [7, 11) is 1.60. The lowest BCUT2D eigenvalue weighted by Crippen LogP contribution is -2.48. The minimum Gasteiger partial charge on any atom is -0.497 e. The first-order chi connectivity index (χ1) is 11.2. The molecule has 2 aliphatic rings. The molecule has 3 rings (SSSR count). The maximum atomic E-state index is 12.8. The van der Waals surface area contributed by atoms with Crippen LogP contribution in [0.25, 0.3) is 0 Å². The van der Waals surface area contributed by atoms with Crippen molar-refractivity contribution in [3.63, 3.8) is 0 Å². The predicted molar refractivity (Wildman–Crippen MR) is 88.2 cm³/mol. The lowest BCUT2D eigenvalue weighted by Gasteiger charge is -2.37. The highest BCUT2D eigenvalue weighted by molar-refractivity contribution is 5.84. The van der Waals surface area contributed by atoms with Crippen molar-refractivity contribution in [3.8, 4) is 5.75 Å². The molecular weight excluding hydrogens is 292 g/mol. The normalized spacial score (nSPS) is 28.0. The number of methoxy groups -OCH3 is 1. The van der Waals surface area contributed by atoms with E-state index >= 15 is 0 Å². The number of carbonyl (C=O) groups excluding carboxylic acids is 1. The second-order valence-electron chi connectivity index (χ2n) is 6.73. The molecule has 1 aromatic rings. The van der Waals surface area contributed by atoms with E-state index in [-0.39, 0.29) is 17.9 Å². The summed E-state index contributed by atoms with van der Waals surface area (Å²) >= 11 is 0. The summed E-state index contributed by atoms with van der Waals surface area (Å²) < 4.78 is 5.17. The summed E-state index contributed by atoms with van der Waals surface area (Å²) in [6.07, 6.45) is 3.68. The van der Waals surface area contributed by atoms with Gasteiger partial charge in [0.1, 0.15) is 5.75 Å². The standard InChI is InChI=1S/C18H26N2O3/c1-23-15-7-4-5-13(9-15)16(21)11-20-17(22)18-8-3-2-6-14(18)10-19-12-18/h4-5,7,9,14,16,19,21H,2-3,6,8,10-12H2,1H3,(H,20,22)/t14-,16?,18+/m0/s1. The number of hydrogen-bond donors (Lipinski definition) is 3. The van der Waals surface area contributed by atoms with E-state index in [9.17, 15) is 9.90 Å². The lowest BCUT2D eigenvalue weighted by molar-refractivity contribution is -0.134. The van der Waals surface area contributed by atoms with E-state index in [4.69, 9.17) is 4.74 Å². The van der Waals surface area contributed by atoms with Crippen molar-refractivity contribution in [1.82, 2.24) is 10.6 Å². The third kappa shape index (κ3) is 3.21. The molecule has 1 aliphatic heterocycles. The predicted octanol–water partition coefficient (Wildman–Crippen LogP) is 1.62. The first kappa shape index (κ1) is 16.3. The maximum Gasteiger partial charge on any atom is 0.227 e. The minimum atomic E-state index is -0.721. The van der Waals surface area contributed by atoms with Crippen molar-refractivity contribution >= 4 is 5.91 Å². The molecule has 3 N–H and O–H groups in total. The molecule has 0 bridgehead atoms. The average Bonchev–Trinajstić information content (AvgIpc) is 3.04. The highest BCUT2D eigenvalue weighted by Crippen LogP contribution is 2.43.